The van der Waals surface area contributed by atoms with E-state index in [0.717, 1.165) is 57.8 Å². The van der Waals surface area contributed by atoms with Crippen molar-refractivity contribution in [3.05, 3.63) is 135 Å². The van der Waals surface area contributed by atoms with Gasteiger partial charge >= 0.3 is 0 Å². The molecule has 6 heterocycles. The highest BCUT2D eigenvalue weighted by Gasteiger charge is 2.30. The summed E-state index contributed by atoms with van der Waals surface area (Å²) >= 11 is 3.33. The number of fused-ring (bicyclic) bond motifs is 2. The average Bonchev–Trinajstić information content (AvgIpc) is 4.00. The molecule has 3 N–H and O–H groups in total. The standard InChI is InChI=1S/C46H51N9O4S2/c1-4-49-44-29-39-37(31-50-44)46(57)53(22-21-52(39)3)32-9-5-12-35(27-32)59-41(43-14-8-26-61-43)17-20-51-55-24-23-54(45(56)36-30-48-19-15-38(36)55)33-10-6-11-34(28-33)58-40(16-18-47-2)42-13-7-25-60-42/h5-15,19,25-31,40-41,47,51H,4,16-18,20-24H2,1-3H3,(H,49,50)/t40?,41-/m0/s1. The number of anilines is 5. The summed E-state index contributed by atoms with van der Waals surface area (Å²) in [6, 6.07) is 27.6. The molecule has 4 aromatic heterocycles. The average molecular weight is 858 g/mol. The van der Waals surface area contributed by atoms with E-state index in [1.807, 2.05) is 98.8 Å². The van der Waals surface area contributed by atoms with E-state index in [1.54, 1.807) is 51.1 Å². The second-order valence-corrected chi connectivity index (χ2v) is 16.8. The highest BCUT2D eigenvalue weighted by Crippen LogP contribution is 2.35. The first-order valence-electron chi connectivity index (χ1n) is 20.7. The third-order valence-electron chi connectivity index (χ3n) is 10.8. The van der Waals surface area contributed by atoms with Crippen LogP contribution in [-0.4, -0.2) is 81.7 Å². The lowest BCUT2D eigenvalue weighted by molar-refractivity contribution is 0.0982. The van der Waals surface area contributed by atoms with Gasteiger partial charge in [-0.05, 0) is 73.7 Å². The highest BCUT2D eigenvalue weighted by atomic mass is 32.1. The largest absolute Gasteiger partial charge is 0.485 e. The number of hydrogen-bond acceptors (Lipinski definition) is 13. The maximum atomic E-state index is 14.2. The smallest absolute Gasteiger partial charge is 0.262 e. The first kappa shape index (κ1) is 41.7. The summed E-state index contributed by atoms with van der Waals surface area (Å²) in [5.74, 6) is 1.91. The Morgan fingerprint density at radius 1 is 0.721 bits per heavy atom. The van der Waals surface area contributed by atoms with Crippen molar-refractivity contribution < 1.29 is 19.1 Å². The van der Waals surface area contributed by atoms with Crippen molar-refractivity contribution in [1.29, 1.82) is 0 Å². The number of amides is 2. The SMILES string of the molecule is CCNc1cc2c(cn1)C(=O)N(c1cccc(O[C@@H](CCNN3CCN(c4cccc(OC(CCNC)c5cccs5)c4)C(=O)c4cnccc43)c3cccs3)c1)CCN2C. The van der Waals surface area contributed by atoms with Crippen molar-refractivity contribution in [1.82, 2.24) is 20.7 Å². The number of aromatic nitrogens is 2. The van der Waals surface area contributed by atoms with Crippen LogP contribution in [0.25, 0.3) is 0 Å². The van der Waals surface area contributed by atoms with Crippen LogP contribution in [0.3, 0.4) is 0 Å². The van der Waals surface area contributed by atoms with Crippen molar-refractivity contribution in [2.45, 2.75) is 32.0 Å². The fourth-order valence-electron chi connectivity index (χ4n) is 7.68. The summed E-state index contributed by atoms with van der Waals surface area (Å²) < 4.78 is 13.3. The minimum Gasteiger partial charge on any atom is -0.485 e. The van der Waals surface area contributed by atoms with Gasteiger partial charge in [0.2, 0.25) is 0 Å². The molecule has 0 fully saturated rings. The Labute approximate surface area is 364 Å². The lowest BCUT2D eigenvalue weighted by Gasteiger charge is -2.27. The van der Waals surface area contributed by atoms with Crippen LogP contribution >= 0.6 is 22.7 Å². The van der Waals surface area contributed by atoms with E-state index in [0.29, 0.717) is 61.8 Å². The predicted octanol–water partition coefficient (Wildman–Crippen LogP) is 8.04. The minimum absolute atomic E-state index is 0.0972. The van der Waals surface area contributed by atoms with Crippen LogP contribution < -0.4 is 45.2 Å². The molecule has 0 bridgehead atoms. The lowest BCUT2D eigenvalue weighted by Crippen LogP contribution is -2.42. The lowest BCUT2D eigenvalue weighted by atomic mass is 10.1. The van der Waals surface area contributed by atoms with Crippen LogP contribution in [0.1, 0.15) is 62.4 Å². The Kier molecular flexibility index (Phi) is 13.4. The van der Waals surface area contributed by atoms with Gasteiger partial charge in [-0.15, -0.1) is 22.7 Å². The van der Waals surface area contributed by atoms with Gasteiger partial charge in [0, 0.05) is 111 Å². The zero-order valence-corrected chi connectivity index (χ0v) is 36.3. The number of nitrogens with one attached hydrogen (secondary N) is 3. The Morgan fingerprint density at radius 2 is 1.34 bits per heavy atom. The van der Waals surface area contributed by atoms with Crippen LogP contribution in [0.15, 0.2) is 114 Å². The van der Waals surface area contributed by atoms with E-state index in [9.17, 15) is 9.59 Å². The first-order valence-corrected chi connectivity index (χ1v) is 22.4. The van der Waals surface area contributed by atoms with Gasteiger partial charge in [0.15, 0.2) is 0 Å². The second-order valence-electron chi connectivity index (χ2n) is 14.8. The molecule has 2 aromatic carbocycles. The maximum Gasteiger partial charge on any atom is 0.262 e. The molecule has 316 valence electrons. The van der Waals surface area contributed by atoms with Crippen molar-refractivity contribution in [2.75, 3.05) is 84.9 Å². The molecule has 2 amide bonds. The monoisotopic (exact) mass is 857 g/mol. The summed E-state index contributed by atoms with van der Waals surface area (Å²) in [5, 5.41) is 12.6. The van der Waals surface area contributed by atoms with E-state index in [2.05, 4.69) is 53.8 Å². The van der Waals surface area contributed by atoms with Gasteiger partial charge in [0.25, 0.3) is 11.8 Å². The number of hydrogen-bond donors (Lipinski definition) is 3. The Balaban J connectivity index is 0.955. The molecule has 8 rings (SSSR count). The number of rotatable bonds is 17. The van der Waals surface area contributed by atoms with Crippen molar-refractivity contribution in [3.63, 3.8) is 0 Å². The van der Waals surface area contributed by atoms with Gasteiger partial charge in [-0.25, -0.2) is 10.4 Å². The summed E-state index contributed by atoms with van der Waals surface area (Å²) in [6.07, 6.45) is 6.11. The Hall–Kier alpha value is -6.00. The molecule has 0 saturated heterocycles. The molecule has 0 saturated carbocycles. The van der Waals surface area contributed by atoms with Crippen LogP contribution in [0.2, 0.25) is 0 Å². The molecule has 2 atom stereocenters. The van der Waals surface area contributed by atoms with Crippen LogP contribution in [0, 0.1) is 0 Å². The Morgan fingerprint density at radius 3 is 1.95 bits per heavy atom. The van der Waals surface area contributed by atoms with Gasteiger partial charge in [-0.2, -0.15) is 0 Å². The number of benzene rings is 2. The maximum absolute atomic E-state index is 14.2. The molecule has 1 unspecified atom stereocenters. The van der Waals surface area contributed by atoms with Crippen molar-refractivity contribution in [3.8, 4) is 11.5 Å². The molecule has 0 radical (unpaired) electrons. The van der Waals surface area contributed by atoms with E-state index >= 15 is 0 Å². The summed E-state index contributed by atoms with van der Waals surface area (Å²) in [6.45, 7) is 6.31. The van der Waals surface area contributed by atoms with Crippen molar-refractivity contribution >= 4 is 63.1 Å². The molecule has 6 aromatic rings. The number of carbonyl (C=O) groups excluding carboxylic acids is 2. The van der Waals surface area contributed by atoms with Crippen molar-refractivity contribution in [2.24, 2.45) is 0 Å². The third kappa shape index (κ3) is 9.65. The third-order valence-corrected chi connectivity index (χ3v) is 12.7. The molecule has 0 aliphatic carbocycles. The van der Waals surface area contributed by atoms with Gasteiger partial charge in [0.05, 0.1) is 29.0 Å². The normalized spacial score (nSPS) is 15.1. The highest BCUT2D eigenvalue weighted by molar-refractivity contribution is 7.10. The molecule has 2 aliphatic rings. The number of ether oxygens (including phenoxy) is 2. The van der Waals surface area contributed by atoms with E-state index in [1.165, 1.54) is 0 Å². The number of carbonyl (C=O) groups is 2. The fraction of sp³-hybridized carbons (Fsp3) is 0.304. The number of likely N-dealkylation sites (N-methyl/N-ethyl adjacent to an activating group) is 1. The minimum atomic E-state index is -0.265. The number of thiophene rings is 2. The first-order chi connectivity index (χ1) is 29.9. The number of hydrazine groups is 1. The summed E-state index contributed by atoms with van der Waals surface area (Å²) in [5.41, 5.74) is 7.84. The molecular formula is C46H51N9O4S2. The molecule has 61 heavy (non-hydrogen) atoms. The molecule has 13 nitrogen and oxygen atoms in total. The fourth-order valence-corrected chi connectivity index (χ4v) is 9.26. The molecule has 0 spiro atoms. The summed E-state index contributed by atoms with van der Waals surface area (Å²) in [4.78, 5) is 45.0. The van der Waals surface area contributed by atoms with Crippen LogP contribution in [0.4, 0.5) is 28.6 Å². The topological polar surface area (TPSA) is 127 Å². The summed E-state index contributed by atoms with van der Waals surface area (Å²) in [7, 11) is 3.95. The van der Waals surface area contributed by atoms with Crippen LogP contribution in [-0.2, 0) is 0 Å². The number of nitrogens with zero attached hydrogens (tertiary/aromatic N) is 6. The Bertz CT molecular complexity index is 2400. The second kappa shape index (κ2) is 19.6. The molecular weight excluding hydrogens is 807 g/mol. The zero-order valence-electron chi connectivity index (χ0n) is 34.6. The zero-order chi connectivity index (χ0) is 42.1. The van der Waals surface area contributed by atoms with Gasteiger partial charge in [-0.1, -0.05) is 24.3 Å². The van der Waals surface area contributed by atoms with E-state index in [4.69, 9.17) is 9.47 Å². The quantitative estimate of drug-likeness (QED) is 0.0825. The van der Waals surface area contributed by atoms with Crippen LogP contribution in [0.5, 0.6) is 11.5 Å². The van der Waals surface area contributed by atoms with Gasteiger partial charge in [-0.3, -0.25) is 14.6 Å². The van der Waals surface area contributed by atoms with Gasteiger partial charge < -0.3 is 39.8 Å². The van der Waals surface area contributed by atoms with Gasteiger partial charge in [0.1, 0.15) is 29.5 Å². The van der Waals surface area contributed by atoms with E-state index < -0.39 is 0 Å². The molecule has 15 heteroatoms. The molecule has 2 aliphatic heterocycles. The predicted molar refractivity (Wildman–Crippen MR) is 246 cm³/mol. The number of pyridine rings is 2. The van der Waals surface area contributed by atoms with E-state index in [-0.39, 0.29) is 24.0 Å².